The Labute approximate surface area is 165 Å². The number of imidazole rings is 1. The second kappa shape index (κ2) is 8.78. The summed E-state index contributed by atoms with van der Waals surface area (Å²) in [6.07, 6.45) is 3.55. The number of hydrogen-bond acceptors (Lipinski definition) is 4. The molecule has 6 heteroatoms. The van der Waals surface area contributed by atoms with Crippen LogP contribution in [-0.2, 0) is 6.42 Å². The minimum absolute atomic E-state index is 0.187. The molecule has 3 rings (SSSR count). The van der Waals surface area contributed by atoms with Crippen LogP contribution in [0.4, 0.5) is 5.69 Å². The summed E-state index contributed by atoms with van der Waals surface area (Å²) in [6.45, 7) is 8.99. The van der Waals surface area contributed by atoms with Gasteiger partial charge in [-0.2, -0.15) is 0 Å². The lowest BCUT2D eigenvalue weighted by atomic mass is 10.2. The lowest BCUT2D eigenvalue weighted by Gasteiger charge is -2.13. The third-order valence-electron chi connectivity index (χ3n) is 4.42. The standard InChI is InChI=1S/C22H27N3O3/c1-5-9-17-20(25-13-8-10-15(4)21(25)24-17)22(26)23-16-11-12-18(27-6-2)19(14-16)28-7-3/h8,10-14H,5-7,9H2,1-4H3,(H,23,26). The molecule has 2 heterocycles. The van der Waals surface area contributed by atoms with Crippen LogP contribution in [0.2, 0.25) is 0 Å². The molecule has 1 aromatic carbocycles. The van der Waals surface area contributed by atoms with Crippen LogP contribution in [0, 0.1) is 6.92 Å². The van der Waals surface area contributed by atoms with E-state index in [4.69, 9.17) is 14.5 Å². The SMILES string of the molecule is CCCc1nc2c(C)cccn2c1C(=O)Nc1ccc(OCC)c(OCC)c1. The summed E-state index contributed by atoms with van der Waals surface area (Å²) < 4.78 is 13.1. The van der Waals surface area contributed by atoms with E-state index in [0.717, 1.165) is 29.7 Å². The van der Waals surface area contributed by atoms with Crippen LogP contribution in [0.3, 0.4) is 0 Å². The predicted molar refractivity (Wildman–Crippen MR) is 111 cm³/mol. The van der Waals surface area contributed by atoms with Crippen LogP contribution in [0.1, 0.15) is 48.9 Å². The van der Waals surface area contributed by atoms with Gasteiger partial charge in [-0.05, 0) is 51.0 Å². The fourth-order valence-corrected chi connectivity index (χ4v) is 3.22. The minimum atomic E-state index is -0.187. The smallest absolute Gasteiger partial charge is 0.274 e. The van der Waals surface area contributed by atoms with E-state index in [1.54, 1.807) is 6.07 Å². The number of carbonyl (C=O) groups excluding carboxylic acids is 1. The van der Waals surface area contributed by atoms with Crippen LogP contribution >= 0.6 is 0 Å². The van der Waals surface area contributed by atoms with Gasteiger partial charge in [0.05, 0.1) is 18.9 Å². The van der Waals surface area contributed by atoms with Gasteiger partial charge >= 0.3 is 0 Å². The molecule has 148 valence electrons. The zero-order chi connectivity index (χ0) is 20.1. The molecule has 0 aliphatic heterocycles. The number of hydrogen-bond donors (Lipinski definition) is 1. The highest BCUT2D eigenvalue weighted by Crippen LogP contribution is 2.31. The van der Waals surface area contributed by atoms with Gasteiger partial charge in [0.2, 0.25) is 0 Å². The Hall–Kier alpha value is -3.02. The minimum Gasteiger partial charge on any atom is -0.490 e. The Bertz CT molecular complexity index is 979. The molecule has 2 aromatic heterocycles. The van der Waals surface area contributed by atoms with Crippen molar-refractivity contribution < 1.29 is 14.3 Å². The third kappa shape index (κ3) is 3.96. The van der Waals surface area contributed by atoms with Gasteiger partial charge in [0, 0.05) is 18.0 Å². The monoisotopic (exact) mass is 381 g/mol. The number of fused-ring (bicyclic) bond motifs is 1. The number of aromatic nitrogens is 2. The van der Waals surface area contributed by atoms with E-state index < -0.39 is 0 Å². The molecule has 6 nitrogen and oxygen atoms in total. The first-order valence-corrected chi connectivity index (χ1v) is 9.76. The highest BCUT2D eigenvalue weighted by atomic mass is 16.5. The van der Waals surface area contributed by atoms with Gasteiger partial charge in [-0.25, -0.2) is 4.98 Å². The van der Waals surface area contributed by atoms with E-state index in [-0.39, 0.29) is 5.91 Å². The molecule has 0 spiro atoms. The second-order valence-electron chi connectivity index (χ2n) is 6.52. The Balaban J connectivity index is 1.96. The molecule has 0 unspecified atom stereocenters. The van der Waals surface area contributed by atoms with Crippen molar-refractivity contribution in [2.45, 2.75) is 40.5 Å². The number of benzene rings is 1. The van der Waals surface area contributed by atoms with Crippen LogP contribution in [0.5, 0.6) is 11.5 Å². The van der Waals surface area contributed by atoms with E-state index in [1.807, 2.05) is 55.6 Å². The first kappa shape index (κ1) is 19.7. The van der Waals surface area contributed by atoms with Crippen LogP contribution in [0.25, 0.3) is 5.65 Å². The largest absolute Gasteiger partial charge is 0.490 e. The number of nitrogens with one attached hydrogen (secondary N) is 1. The maximum absolute atomic E-state index is 13.1. The number of anilines is 1. The highest BCUT2D eigenvalue weighted by molar-refractivity contribution is 6.04. The number of nitrogens with zero attached hydrogens (tertiary/aromatic N) is 2. The maximum Gasteiger partial charge on any atom is 0.274 e. The molecule has 0 saturated carbocycles. The Morgan fingerprint density at radius 3 is 2.57 bits per heavy atom. The maximum atomic E-state index is 13.1. The van der Waals surface area contributed by atoms with Crippen molar-refractivity contribution in [1.82, 2.24) is 9.38 Å². The number of ether oxygens (including phenoxy) is 2. The summed E-state index contributed by atoms with van der Waals surface area (Å²) in [5, 5.41) is 2.99. The number of pyridine rings is 1. The fraction of sp³-hybridized carbons (Fsp3) is 0.364. The molecule has 0 aliphatic rings. The zero-order valence-corrected chi connectivity index (χ0v) is 16.9. The van der Waals surface area contributed by atoms with E-state index >= 15 is 0 Å². The molecular formula is C22H27N3O3. The summed E-state index contributed by atoms with van der Waals surface area (Å²) in [5.74, 6) is 1.09. The summed E-state index contributed by atoms with van der Waals surface area (Å²) in [6, 6.07) is 9.36. The number of rotatable bonds is 8. The van der Waals surface area contributed by atoms with Crippen LogP contribution in [0.15, 0.2) is 36.5 Å². The average Bonchev–Trinajstić information content (AvgIpc) is 3.04. The normalized spacial score (nSPS) is 10.9. The van der Waals surface area contributed by atoms with E-state index in [9.17, 15) is 4.79 Å². The van der Waals surface area contributed by atoms with Crippen molar-refractivity contribution in [1.29, 1.82) is 0 Å². The van der Waals surface area contributed by atoms with Gasteiger partial charge < -0.3 is 14.8 Å². The topological polar surface area (TPSA) is 64.9 Å². The molecule has 0 bridgehead atoms. The van der Waals surface area contributed by atoms with E-state index in [2.05, 4.69) is 12.2 Å². The van der Waals surface area contributed by atoms with Crippen molar-refractivity contribution >= 4 is 17.2 Å². The molecule has 0 radical (unpaired) electrons. The van der Waals surface area contributed by atoms with Crippen molar-refractivity contribution in [3.05, 3.63) is 53.5 Å². The molecule has 1 amide bonds. The van der Waals surface area contributed by atoms with Gasteiger partial charge in [-0.15, -0.1) is 0 Å². The third-order valence-corrected chi connectivity index (χ3v) is 4.42. The Morgan fingerprint density at radius 1 is 1.11 bits per heavy atom. The van der Waals surface area contributed by atoms with Gasteiger partial charge in [0.1, 0.15) is 11.3 Å². The van der Waals surface area contributed by atoms with E-state index in [1.165, 1.54) is 0 Å². The molecule has 28 heavy (non-hydrogen) atoms. The quantitative estimate of drug-likeness (QED) is 0.617. The van der Waals surface area contributed by atoms with Crippen molar-refractivity contribution in [2.75, 3.05) is 18.5 Å². The summed E-state index contributed by atoms with van der Waals surface area (Å²) in [4.78, 5) is 17.8. The Morgan fingerprint density at radius 2 is 1.86 bits per heavy atom. The van der Waals surface area contributed by atoms with Crippen molar-refractivity contribution in [2.24, 2.45) is 0 Å². The first-order chi connectivity index (χ1) is 13.6. The van der Waals surface area contributed by atoms with Crippen molar-refractivity contribution in [3.63, 3.8) is 0 Å². The first-order valence-electron chi connectivity index (χ1n) is 9.76. The molecule has 1 N–H and O–H groups in total. The molecule has 3 aromatic rings. The molecule has 0 saturated heterocycles. The second-order valence-corrected chi connectivity index (χ2v) is 6.52. The predicted octanol–water partition coefficient (Wildman–Crippen LogP) is 4.64. The lowest BCUT2D eigenvalue weighted by molar-refractivity contribution is 0.102. The van der Waals surface area contributed by atoms with Gasteiger partial charge in [0.15, 0.2) is 11.5 Å². The van der Waals surface area contributed by atoms with Crippen molar-refractivity contribution in [3.8, 4) is 11.5 Å². The van der Waals surface area contributed by atoms with Gasteiger partial charge in [-0.3, -0.25) is 9.20 Å². The lowest BCUT2D eigenvalue weighted by Crippen LogP contribution is -2.16. The number of amides is 1. The highest BCUT2D eigenvalue weighted by Gasteiger charge is 2.20. The fourth-order valence-electron chi connectivity index (χ4n) is 3.22. The number of aryl methyl sites for hydroxylation is 2. The number of carbonyl (C=O) groups is 1. The van der Waals surface area contributed by atoms with Gasteiger partial charge in [-0.1, -0.05) is 19.4 Å². The van der Waals surface area contributed by atoms with Gasteiger partial charge in [0.25, 0.3) is 5.91 Å². The average molecular weight is 381 g/mol. The zero-order valence-electron chi connectivity index (χ0n) is 16.9. The van der Waals surface area contributed by atoms with Crippen LogP contribution < -0.4 is 14.8 Å². The summed E-state index contributed by atoms with van der Waals surface area (Å²) >= 11 is 0. The summed E-state index contributed by atoms with van der Waals surface area (Å²) in [7, 11) is 0. The Kier molecular flexibility index (Phi) is 6.19. The molecule has 0 aliphatic carbocycles. The van der Waals surface area contributed by atoms with E-state index in [0.29, 0.717) is 36.1 Å². The molecule has 0 fully saturated rings. The molecular weight excluding hydrogens is 354 g/mol. The summed E-state index contributed by atoms with van der Waals surface area (Å²) in [5.41, 5.74) is 3.90. The molecule has 0 atom stereocenters. The van der Waals surface area contributed by atoms with Crippen LogP contribution in [-0.4, -0.2) is 28.5 Å².